The average molecular weight is 352 g/mol. The van der Waals surface area contributed by atoms with Crippen LogP contribution in [0.25, 0.3) is 0 Å². The maximum Gasteiger partial charge on any atom is 0.251 e. The van der Waals surface area contributed by atoms with Crippen LogP contribution in [-0.4, -0.2) is 32.2 Å². The molecule has 1 aliphatic rings. The molecule has 1 aliphatic heterocycles. The van der Waals surface area contributed by atoms with Crippen LogP contribution < -0.4 is 10.2 Å². The monoisotopic (exact) mass is 352 g/mol. The van der Waals surface area contributed by atoms with Crippen molar-refractivity contribution in [2.45, 2.75) is 32.7 Å². The quantitative estimate of drug-likeness (QED) is 0.911. The first kappa shape index (κ1) is 18.5. The molecule has 0 saturated carbocycles. The molecule has 0 radical (unpaired) electrons. The fraction of sp³-hybridized carbons (Fsp3) is 0.409. The van der Waals surface area contributed by atoms with Crippen LogP contribution in [0, 0.1) is 0 Å². The molecule has 3 rings (SSSR count). The summed E-state index contributed by atoms with van der Waals surface area (Å²) in [6.45, 7) is 10.3. The molecule has 4 heteroatoms. The summed E-state index contributed by atoms with van der Waals surface area (Å²) < 4.78 is 5.44. The molecule has 4 nitrogen and oxygen atoms in total. The number of para-hydroxylation sites is 1. The number of nitrogens with one attached hydrogen (secondary N) is 1. The van der Waals surface area contributed by atoms with Gasteiger partial charge in [0.25, 0.3) is 5.91 Å². The van der Waals surface area contributed by atoms with Gasteiger partial charge in [-0.25, -0.2) is 0 Å². The fourth-order valence-electron chi connectivity index (χ4n) is 3.17. The molecule has 138 valence electrons. The van der Waals surface area contributed by atoms with E-state index in [1.165, 1.54) is 11.3 Å². The van der Waals surface area contributed by atoms with Crippen LogP contribution in [0.4, 0.5) is 5.69 Å². The van der Waals surface area contributed by atoms with E-state index in [0.717, 1.165) is 31.9 Å². The number of nitrogens with zero attached hydrogens (tertiary/aromatic N) is 1. The van der Waals surface area contributed by atoms with E-state index in [9.17, 15) is 4.79 Å². The summed E-state index contributed by atoms with van der Waals surface area (Å²) in [7, 11) is 0. The molecule has 0 aliphatic carbocycles. The minimum atomic E-state index is -0.0396. The highest BCUT2D eigenvalue weighted by Crippen LogP contribution is 2.23. The Morgan fingerprint density at radius 3 is 2.35 bits per heavy atom. The first-order valence-corrected chi connectivity index (χ1v) is 9.24. The van der Waals surface area contributed by atoms with Crippen molar-refractivity contribution >= 4 is 11.6 Å². The van der Waals surface area contributed by atoms with Crippen molar-refractivity contribution < 1.29 is 9.53 Å². The van der Waals surface area contributed by atoms with Crippen LogP contribution in [0.2, 0.25) is 0 Å². The Hall–Kier alpha value is -2.33. The number of ether oxygens (including phenoxy) is 1. The zero-order valence-corrected chi connectivity index (χ0v) is 15.9. The first-order chi connectivity index (χ1) is 12.4. The van der Waals surface area contributed by atoms with E-state index in [1.54, 1.807) is 0 Å². The Balaban J connectivity index is 1.66. The SMILES string of the molecule is CC(C)(C)c1ccc(C(=O)NCc2ccccc2N2CCOCC2)cc1. The molecule has 0 bridgehead atoms. The van der Waals surface area contributed by atoms with E-state index in [-0.39, 0.29) is 11.3 Å². The summed E-state index contributed by atoms with van der Waals surface area (Å²) in [5.41, 5.74) is 4.33. The van der Waals surface area contributed by atoms with E-state index in [0.29, 0.717) is 12.1 Å². The predicted molar refractivity (Wildman–Crippen MR) is 106 cm³/mol. The molecular weight excluding hydrogens is 324 g/mol. The standard InChI is InChI=1S/C22H28N2O2/c1-22(2,3)19-10-8-17(9-11-19)21(25)23-16-18-6-4-5-7-20(18)24-12-14-26-15-13-24/h4-11H,12-16H2,1-3H3,(H,23,25). The third kappa shape index (κ3) is 4.44. The molecule has 1 fully saturated rings. The van der Waals surface area contributed by atoms with Crippen molar-refractivity contribution in [2.24, 2.45) is 0 Å². The molecule has 2 aromatic rings. The topological polar surface area (TPSA) is 41.6 Å². The number of rotatable bonds is 4. The third-order valence-corrected chi connectivity index (χ3v) is 4.80. The van der Waals surface area contributed by atoms with Gasteiger partial charge in [0.2, 0.25) is 0 Å². The lowest BCUT2D eigenvalue weighted by molar-refractivity contribution is 0.0950. The lowest BCUT2D eigenvalue weighted by Crippen LogP contribution is -2.37. The van der Waals surface area contributed by atoms with Gasteiger partial charge in [-0.2, -0.15) is 0 Å². The molecular formula is C22H28N2O2. The highest BCUT2D eigenvalue weighted by Gasteiger charge is 2.16. The Labute approximate surface area is 156 Å². The van der Waals surface area contributed by atoms with Crippen LogP contribution in [0.5, 0.6) is 0 Å². The smallest absolute Gasteiger partial charge is 0.251 e. The van der Waals surface area contributed by atoms with E-state index >= 15 is 0 Å². The summed E-state index contributed by atoms with van der Waals surface area (Å²) >= 11 is 0. The molecule has 0 aromatic heterocycles. The van der Waals surface area contributed by atoms with Crippen molar-refractivity contribution in [3.8, 4) is 0 Å². The molecule has 0 atom stereocenters. The Morgan fingerprint density at radius 2 is 1.69 bits per heavy atom. The fourth-order valence-corrected chi connectivity index (χ4v) is 3.17. The normalized spacial score (nSPS) is 15.0. The van der Waals surface area contributed by atoms with E-state index < -0.39 is 0 Å². The molecule has 1 N–H and O–H groups in total. The van der Waals surface area contributed by atoms with Crippen LogP contribution >= 0.6 is 0 Å². The maximum absolute atomic E-state index is 12.5. The van der Waals surface area contributed by atoms with E-state index in [2.05, 4.69) is 43.1 Å². The van der Waals surface area contributed by atoms with Gasteiger partial charge < -0.3 is 15.0 Å². The summed E-state index contributed by atoms with van der Waals surface area (Å²) in [5, 5.41) is 3.06. The van der Waals surface area contributed by atoms with Crippen LogP contribution in [-0.2, 0) is 16.7 Å². The van der Waals surface area contributed by atoms with Gasteiger partial charge >= 0.3 is 0 Å². The van der Waals surface area contributed by atoms with Gasteiger partial charge in [0.1, 0.15) is 0 Å². The van der Waals surface area contributed by atoms with Gasteiger partial charge in [-0.3, -0.25) is 4.79 Å². The Bertz CT molecular complexity index is 741. The number of amides is 1. The second kappa shape index (κ2) is 7.92. The lowest BCUT2D eigenvalue weighted by Gasteiger charge is -2.30. The Kier molecular flexibility index (Phi) is 5.62. The molecule has 0 spiro atoms. The summed E-state index contributed by atoms with van der Waals surface area (Å²) in [6.07, 6.45) is 0. The van der Waals surface area contributed by atoms with Gasteiger partial charge in [-0.15, -0.1) is 0 Å². The highest BCUT2D eigenvalue weighted by molar-refractivity contribution is 5.94. The molecule has 1 amide bonds. The number of benzene rings is 2. The molecule has 1 saturated heterocycles. The average Bonchev–Trinajstić information content (AvgIpc) is 2.66. The molecule has 1 heterocycles. The second-order valence-corrected chi connectivity index (χ2v) is 7.74. The van der Waals surface area contributed by atoms with Crippen molar-refractivity contribution in [3.63, 3.8) is 0 Å². The molecule has 2 aromatic carbocycles. The lowest BCUT2D eigenvalue weighted by atomic mass is 9.87. The summed E-state index contributed by atoms with van der Waals surface area (Å²) in [4.78, 5) is 14.8. The molecule has 26 heavy (non-hydrogen) atoms. The van der Waals surface area contributed by atoms with Crippen LogP contribution in [0.15, 0.2) is 48.5 Å². The predicted octanol–water partition coefficient (Wildman–Crippen LogP) is 3.75. The van der Waals surface area contributed by atoms with Crippen LogP contribution in [0.1, 0.15) is 42.3 Å². The third-order valence-electron chi connectivity index (χ3n) is 4.80. The van der Waals surface area contributed by atoms with Crippen molar-refractivity contribution in [1.82, 2.24) is 5.32 Å². The van der Waals surface area contributed by atoms with E-state index in [1.807, 2.05) is 36.4 Å². The van der Waals surface area contributed by atoms with Gasteiger partial charge in [-0.1, -0.05) is 51.1 Å². The number of carbonyl (C=O) groups is 1. The minimum Gasteiger partial charge on any atom is -0.378 e. The van der Waals surface area contributed by atoms with Gasteiger partial charge in [0, 0.05) is 30.9 Å². The largest absolute Gasteiger partial charge is 0.378 e. The van der Waals surface area contributed by atoms with E-state index in [4.69, 9.17) is 4.74 Å². The van der Waals surface area contributed by atoms with Crippen molar-refractivity contribution in [3.05, 3.63) is 65.2 Å². The summed E-state index contributed by atoms with van der Waals surface area (Å²) in [6, 6.07) is 16.1. The van der Waals surface area contributed by atoms with Gasteiger partial charge in [0.15, 0.2) is 0 Å². The number of carbonyl (C=O) groups excluding carboxylic acids is 1. The first-order valence-electron chi connectivity index (χ1n) is 9.24. The zero-order valence-electron chi connectivity index (χ0n) is 15.9. The minimum absolute atomic E-state index is 0.0396. The molecule has 0 unspecified atom stereocenters. The van der Waals surface area contributed by atoms with Gasteiger partial charge in [0.05, 0.1) is 13.2 Å². The second-order valence-electron chi connectivity index (χ2n) is 7.74. The van der Waals surface area contributed by atoms with Crippen molar-refractivity contribution in [1.29, 1.82) is 0 Å². The number of morpholine rings is 1. The zero-order chi connectivity index (χ0) is 18.6. The van der Waals surface area contributed by atoms with Crippen molar-refractivity contribution in [2.75, 3.05) is 31.2 Å². The Morgan fingerprint density at radius 1 is 1.04 bits per heavy atom. The maximum atomic E-state index is 12.5. The number of hydrogen-bond acceptors (Lipinski definition) is 3. The summed E-state index contributed by atoms with van der Waals surface area (Å²) in [5.74, 6) is -0.0396. The highest BCUT2D eigenvalue weighted by atomic mass is 16.5. The van der Waals surface area contributed by atoms with Crippen LogP contribution in [0.3, 0.4) is 0 Å². The number of hydrogen-bond donors (Lipinski definition) is 1. The number of anilines is 1. The van der Waals surface area contributed by atoms with Gasteiger partial charge in [-0.05, 0) is 34.7 Å².